The van der Waals surface area contributed by atoms with Crippen molar-refractivity contribution in [1.82, 2.24) is 9.84 Å². The molecule has 0 amide bonds. The number of halogens is 3. The lowest BCUT2D eigenvalue weighted by atomic mass is 10.6. The lowest BCUT2D eigenvalue weighted by Gasteiger charge is -2.15. The number of hydrazine groups is 1. The number of nitrogens with zero attached hydrogens (tertiary/aromatic N) is 2. The molecule has 1 aliphatic heterocycles. The summed E-state index contributed by atoms with van der Waals surface area (Å²) < 4.78 is 35.6. The van der Waals surface area contributed by atoms with Crippen molar-refractivity contribution >= 4 is 17.0 Å². The highest BCUT2D eigenvalue weighted by Gasteiger charge is 2.41. The topological polar surface area (TPSA) is 27.6 Å². The summed E-state index contributed by atoms with van der Waals surface area (Å²) in [6.45, 7) is -0.204. The fourth-order valence-corrected chi connectivity index (χ4v) is 1.23. The fraction of sp³-hybridized carbons (Fsp3) is 0.750. The number of aliphatic imine (C=N–C) groups is 1. The van der Waals surface area contributed by atoms with Gasteiger partial charge in [0.05, 0.1) is 11.6 Å². The largest absolute Gasteiger partial charge is 0.474 e. The van der Waals surface area contributed by atoms with Gasteiger partial charge in [0, 0.05) is 7.05 Å². The number of rotatable bonds is 0. The van der Waals surface area contributed by atoms with Gasteiger partial charge in [-0.1, -0.05) is 0 Å². The van der Waals surface area contributed by atoms with Crippen LogP contribution in [0.3, 0.4) is 0 Å². The molecule has 11 heavy (non-hydrogen) atoms. The summed E-state index contributed by atoms with van der Waals surface area (Å²) >= 11 is 0.883. The maximum absolute atomic E-state index is 11.9. The summed E-state index contributed by atoms with van der Waals surface area (Å²) in [5, 5.41) is 0.613. The third kappa shape index (κ3) is 2.08. The molecule has 1 aliphatic rings. The van der Waals surface area contributed by atoms with E-state index in [-0.39, 0.29) is 11.6 Å². The SMILES string of the molecule is CN=C1CN(C(F)(F)F)NS1. The Balaban J connectivity index is 2.55. The average molecular weight is 185 g/mol. The Morgan fingerprint density at radius 1 is 1.64 bits per heavy atom. The van der Waals surface area contributed by atoms with Crippen LogP contribution in [0, 0.1) is 0 Å². The molecule has 0 radical (unpaired) electrons. The molecule has 1 heterocycles. The van der Waals surface area contributed by atoms with E-state index in [1.54, 1.807) is 0 Å². The van der Waals surface area contributed by atoms with Gasteiger partial charge in [-0.15, -0.1) is 5.01 Å². The molecule has 3 nitrogen and oxygen atoms in total. The van der Waals surface area contributed by atoms with Gasteiger partial charge in [0.2, 0.25) is 0 Å². The third-order valence-corrected chi connectivity index (χ3v) is 1.98. The van der Waals surface area contributed by atoms with Crippen LogP contribution in [0.4, 0.5) is 13.2 Å². The van der Waals surface area contributed by atoms with E-state index in [0.717, 1.165) is 11.9 Å². The second-order valence-electron chi connectivity index (χ2n) is 1.86. The maximum atomic E-state index is 11.9. The Hall–Kier alpha value is -0.270. The molecule has 1 saturated heterocycles. The zero-order valence-corrected chi connectivity index (χ0v) is 6.46. The molecular formula is C4H6F3N3S. The quantitative estimate of drug-likeness (QED) is 0.450. The molecule has 0 atom stereocenters. The number of hydrogen-bond acceptors (Lipinski definition) is 4. The van der Waals surface area contributed by atoms with Crippen molar-refractivity contribution in [3.63, 3.8) is 0 Å². The fourth-order valence-electron chi connectivity index (χ4n) is 0.565. The zero-order valence-electron chi connectivity index (χ0n) is 5.64. The van der Waals surface area contributed by atoms with Crippen LogP contribution in [0.25, 0.3) is 0 Å². The van der Waals surface area contributed by atoms with Crippen molar-refractivity contribution in [1.29, 1.82) is 0 Å². The molecule has 0 bridgehead atoms. The van der Waals surface area contributed by atoms with Crippen LogP contribution in [-0.2, 0) is 0 Å². The Bertz CT molecular complexity index is 178. The molecule has 0 aromatic rings. The van der Waals surface area contributed by atoms with E-state index in [9.17, 15) is 13.2 Å². The number of hydrogen-bond donors (Lipinski definition) is 1. The van der Waals surface area contributed by atoms with Gasteiger partial charge in [0.25, 0.3) is 0 Å². The van der Waals surface area contributed by atoms with Crippen molar-refractivity contribution in [3.8, 4) is 0 Å². The second kappa shape index (κ2) is 3.00. The van der Waals surface area contributed by atoms with Crippen LogP contribution in [-0.4, -0.2) is 29.9 Å². The second-order valence-corrected chi connectivity index (χ2v) is 2.72. The Morgan fingerprint density at radius 3 is 2.55 bits per heavy atom. The van der Waals surface area contributed by atoms with E-state index in [0.29, 0.717) is 5.04 Å². The van der Waals surface area contributed by atoms with Crippen LogP contribution in [0.1, 0.15) is 0 Å². The van der Waals surface area contributed by atoms with E-state index < -0.39 is 6.30 Å². The van der Waals surface area contributed by atoms with Crippen LogP contribution in [0.5, 0.6) is 0 Å². The monoisotopic (exact) mass is 185 g/mol. The van der Waals surface area contributed by atoms with Gasteiger partial charge in [-0.2, -0.15) is 18.0 Å². The molecule has 0 aromatic heterocycles. The zero-order chi connectivity index (χ0) is 8.48. The normalized spacial score (nSPS) is 24.9. The Labute approximate surface area is 65.8 Å². The molecule has 0 unspecified atom stereocenters. The van der Waals surface area contributed by atoms with Crippen molar-refractivity contribution in [2.75, 3.05) is 13.6 Å². The molecule has 0 aliphatic carbocycles. The van der Waals surface area contributed by atoms with E-state index in [1.165, 1.54) is 7.05 Å². The molecule has 0 spiro atoms. The van der Waals surface area contributed by atoms with E-state index in [2.05, 4.69) is 9.82 Å². The molecule has 1 N–H and O–H groups in total. The van der Waals surface area contributed by atoms with Crippen molar-refractivity contribution < 1.29 is 13.2 Å². The highest BCUT2D eigenvalue weighted by molar-refractivity contribution is 8.12. The van der Waals surface area contributed by atoms with Crippen LogP contribution >= 0.6 is 11.9 Å². The summed E-state index contributed by atoms with van der Waals surface area (Å²) in [4.78, 5) is 5.72. The summed E-state index contributed by atoms with van der Waals surface area (Å²) in [5.41, 5.74) is 0. The summed E-state index contributed by atoms with van der Waals surface area (Å²) in [5.74, 6) is 0. The van der Waals surface area contributed by atoms with E-state index in [4.69, 9.17) is 0 Å². The van der Waals surface area contributed by atoms with Gasteiger partial charge in [0.15, 0.2) is 0 Å². The molecule has 64 valence electrons. The average Bonchev–Trinajstić information content (AvgIpc) is 2.32. The van der Waals surface area contributed by atoms with Gasteiger partial charge in [0.1, 0.15) is 0 Å². The first-order valence-corrected chi connectivity index (χ1v) is 3.58. The minimum absolute atomic E-state index is 0.181. The minimum Gasteiger partial charge on any atom is -0.283 e. The van der Waals surface area contributed by atoms with Gasteiger partial charge < -0.3 is 0 Å². The first-order chi connectivity index (χ1) is 5.04. The van der Waals surface area contributed by atoms with Crippen molar-refractivity contribution in [2.24, 2.45) is 4.99 Å². The Kier molecular flexibility index (Phi) is 2.40. The standard InChI is InChI=1S/C4H6F3N3S/c1-8-3-2-10(9-11-3)4(5,6)7/h9H,2H2,1H3. The molecule has 1 rings (SSSR count). The summed E-state index contributed by atoms with van der Waals surface area (Å²) in [6, 6.07) is 0. The van der Waals surface area contributed by atoms with Crippen LogP contribution < -0.4 is 4.83 Å². The lowest BCUT2D eigenvalue weighted by molar-refractivity contribution is -0.247. The van der Waals surface area contributed by atoms with Gasteiger partial charge in [-0.3, -0.25) is 4.99 Å². The Morgan fingerprint density at radius 2 is 2.27 bits per heavy atom. The third-order valence-electron chi connectivity index (χ3n) is 1.12. The first-order valence-electron chi connectivity index (χ1n) is 2.76. The molecule has 0 saturated carbocycles. The lowest BCUT2D eigenvalue weighted by Crippen LogP contribution is -2.41. The van der Waals surface area contributed by atoms with Crippen molar-refractivity contribution in [3.05, 3.63) is 0 Å². The summed E-state index contributed by atoms with van der Waals surface area (Å²) in [7, 11) is 1.46. The van der Waals surface area contributed by atoms with Gasteiger partial charge in [-0.25, -0.2) is 0 Å². The highest BCUT2D eigenvalue weighted by Crippen LogP contribution is 2.25. The number of alkyl halides is 3. The first kappa shape index (κ1) is 8.82. The van der Waals surface area contributed by atoms with E-state index in [1.807, 2.05) is 0 Å². The van der Waals surface area contributed by atoms with Gasteiger partial charge >= 0.3 is 6.30 Å². The predicted molar refractivity (Wildman–Crippen MR) is 36.8 cm³/mol. The predicted octanol–water partition coefficient (Wildman–Crippen LogP) is 1.00. The van der Waals surface area contributed by atoms with Crippen LogP contribution in [0.2, 0.25) is 0 Å². The number of nitrogens with one attached hydrogen (secondary N) is 1. The smallest absolute Gasteiger partial charge is 0.283 e. The molecule has 7 heteroatoms. The van der Waals surface area contributed by atoms with E-state index >= 15 is 0 Å². The summed E-state index contributed by atoms with van der Waals surface area (Å²) in [6.07, 6.45) is -4.32. The molecule has 0 aromatic carbocycles. The van der Waals surface area contributed by atoms with Crippen LogP contribution in [0.15, 0.2) is 4.99 Å². The molecule has 1 fully saturated rings. The van der Waals surface area contributed by atoms with Gasteiger partial charge in [-0.05, 0) is 11.9 Å². The minimum atomic E-state index is -4.32. The molecular weight excluding hydrogens is 179 g/mol. The highest BCUT2D eigenvalue weighted by atomic mass is 32.2. The van der Waals surface area contributed by atoms with Crippen molar-refractivity contribution in [2.45, 2.75) is 6.30 Å². The maximum Gasteiger partial charge on any atom is 0.474 e.